The van der Waals surface area contributed by atoms with E-state index in [-0.39, 0.29) is 23.4 Å². The predicted molar refractivity (Wildman–Crippen MR) is 89.4 cm³/mol. The van der Waals surface area contributed by atoms with Crippen LogP contribution in [0.25, 0.3) is 0 Å². The standard InChI is InChI=1S/C17H22N2O3S/c1-3-13-19(15-7-5-4-6-8-15)17(20)14-9-11-16(12-10-14)23(21,22)18-2/h1,9-12,15,18H,4-8,13H2,2H3. The molecule has 124 valence electrons. The molecule has 1 saturated carbocycles. The number of hydrogen-bond donors (Lipinski definition) is 1. The third-order valence-corrected chi connectivity index (χ3v) is 5.65. The van der Waals surface area contributed by atoms with E-state index in [0.717, 1.165) is 25.7 Å². The van der Waals surface area contributed by atoms with Gasteiger partial charge in [-0.15, -0.1) is 6.42 Å². The van der Waals surface area contributed by atoms with Crippen LogP contribution >= 0.6 is 0 Å². The molecule has 0 saturated heterocycles. The molecule has 1 fully saturated rings. The van der Waals surface area contributed by atoms with Gasteiger partial charge in [0.1, 0.15) is 0 Å². The number of sulfonamides is 1. The van der Waals surface area contributed by atoms with Gasteiger partial charge in [-0.05, 0) is 44.2 Å². The topological polar surface area (TPSA) is 66.5 Å². The molecule has 0 atom stereocenters. The molecule has 6 heteroatoms. The van der Waals surface area contributed by atoms with Crippen LogP contribution in [0, 0.1) is 12.3 Å². The summed E-state index contributed by atoms with van der Waals surface area (Å²) >= 11 is 0. The van der Waals surface area contributed by atoms with Crippen LogP contribution in [-0.4, -0.2) is 38.9 Å². The molecule has 1 amide bonds. The Hall–Kier alpha value is -1.84. The lowest BCUT2D eigenvalue weighted by molar-refractivity contribution is 0.0667. The minimum Gasteiger partial charge on any atom is -0.325 e. The largest absolute Gasteiger partial charge is 0.325 e. The fourth-order valence-corrected chi connectivity index (χ4v) is 3.65. The zero-order valence-corrected chi connectivity index (χ0v) is 14.1. The smallest absolute Gasteiger partial charge is 0.254 e. The van der Waals surface area contributed by atoms with Gasteiger partial charge in [0.25, 0.3) is 5.91 Å². The van der Waals surface area contributed by atoms with E-state index in [4.69, 9.17) is 6.42 Å². The van der Waals surface area contributed by atoms with E-state index < -0.39 is 10.0 Å². The summed E-state index contributed by atoms with van der Waals surface area (Å²) in [5, 5.41) is 0. The summed E-state index contributed by atoms with van der Waals surface area (Å²) < 4.78 is 25.7. The molecule has 0 heterocycles. The van der Waals surface area contributed by atoms with Crippen LogP contribution in [0.15, 0.2) is 29.2 Å². The molecule has 1 aliphatic carbocycles. The summed E-state index contributed by atoms with van der Waals surface area (Å²) in [5.41, 5.74) is 0.459. The minimum absolute atomic E-state index is 0.136. The van der Waals surface area contributed by atoms with Crippen LogP contribution < -0.4 is 4.72 Å². The van der Waals surface area contributed by atoms with E-state index in [1.165, 1.54) is 25.6 Å². The van der Waals surface area contributed by atoms with Crippen molar-refractivity contribution < 1.29 is 13.2 Å². The highest BCUT2D eigenvalue weighted by Crippen LogP contribution is 2.24. The molecule has 1 aromatic rings. The van der Waals surface area contributed by atoms with Crippen molar-refractivity contribution in [2.45, 2.75) is 43.0 Å². The van der Waals surface area contributed by atoms with E-state index in [9.17, 15) is 13.2 Å². The normalized spacial score (nSPS) is 15.8. The molecule has 1 aliphatic rings. The summed E-state index contributed by atoms with van der Waals surface area (Å²) in [6.07, 6.45) is 10.8. The number of rotatable bonds is 5. The highest BCUT2D eigenvalue weighted by molar-refractivity contribution is 7.89. The molecule has 0 spiro atoms. The molecule has 0 aliphatic heterocycles. The van der Waals surface area contributed by atoms with Crippen molar-refractivity contribution in [3.63, 3.8) is 0 Å². The Morgan fingerprint density at radius 1 is 1.26 bits per heavy atom. The number of hydrogen-bond acceptors (Lipinski definition) is 3. The second kappa shape index (κ2) is 7.62. The van der Waals surface area contributed by atoms with Crippen LogP contribution in [0.1, 0.15) is 42.5 Å². The number of carbonyl (C=O) groups is 1. The van der Waals surface area contributed by atoms with E-state index in [1.807, 2.05) is 0 Å². The van der Waals surface area contributed by atoms with Gasteiger partial charge in [-0.3, -0.25) is 4.79 Å². The van der Waals surface area contributed by atoms with E-state index in [2.05, 4.69) is 10.6 Å². The van der Waals surface area contributed by atoms with Crippen molar-refractivity contribution in [2.75, 3.05) is 13.6 Å². The quantitative estimate of drug-likeness (QED) is 0.838. The van der Waals surface area contributed by atoms with Crippen molar-refractivity contribution in [3.8, 4) is 12.3 Å². The zero-order valence-electron chi connectivity index (χ0n) is 13.3. The summed E-state index contributed by atoms with van der Waals surface area (Å²) in [6.45, 7) is 0.278. The SMILES string of the molecule is C#CCN(C(=O)c1ccc(S(=O)(=O)NC)cc1)C1CCCCC1. The first-order valence-corrected chi connectivity index (χ1v) is 9.26. The Balaban J connectivity index is 2.21. The predicted octanol–water partition coefficient (Wildman–Crippen LogP) is 2.00. The first-order chi connectivity index (χ1) is 11.0. The van der Waals surface area contributed by atoms with Gasteiger partial charge in [0.05, 0.1) is 11.4 Å². The molecule has 2 rings (SSSR count). The number of carbonyl (C=O) groups excluding carboxylic acids is 1. The monoisotopic (exact) mass is 334 g/mol. The number of benzene rings is 1. The van der Waals surface area contributed by atoms with Gasteiger partial charge < -0.3 is 4.90 Å². The molecule has 1 N–H and O–H groups in total. The van der Waals surface area contributed by atoms with Crippen LogP contribution in [0.4, 0.5) is 0 Å². The van der Waals surface area contributed by atoms with Crippen LogP contribution in [0.2, 0.25) is 0 Å². The highest BCUT2D eigenvalue weighted by Gasteiger charge is 2.25. The first-order valence-electron chi connectivity index (χ1n) is 7.77. The summed E-state index contributed by atoms with van der Waals surface area (Å²) in [6, 6.07) is 6.13. The van der Waals surface area contributed by atoms with Crippen molar-refractivity contribution in [1.82, 2.24) is 9.62 Å². The van der Waals surface area contributed by atoms with Crippen LogP contribution in [0.5, 0.6) is 0 Å². The zero-order chi connectivity index (χ0) is 16.9. The molecule has 0 radical (unpaired) electrons. The number of terminal acetylenes is 1. The molecule has 23 heavy (non-hydrogen) atoms. The highest BCUT2D eigenvalue weighted by atomic mass is 32.2. The summed E-state index contributed by atoms with van der Waals surface area (Å²) in [7, 11) is -2.15. The second-order valence-corrected chi connectivity index (χ2v) is 7.55. The third-order valence-electron chi connectivity index (χ3n) is 4.22. The number of amides is 1. The molecular formula is C17H22N2O3S. The van der Waals surface area contributed by atoms with Gasteiger partial charge in [0.15, 0.2) is 0 Å². The summed E-state index contributed by atoms with van der Waals surface area (Å²) in [5.74, 6) is 2.42. The molecule has 0 aromatic heterocycles. The first kappa shape index (κ1) is 17.5. The maximum absolute atomic E-state index is 12.7. The van der Waals surface area contributed by atoms with Crippen molar-refractivity contribution in [3.05, 3.63) is 29.8 Å². The molecule has 0 unspecified atom stereocenters. The van der Waals surface area contributed by atoms with E-state index >= 15 is 0 Å². The lowest BCUT2D eigenvalue weighted by Gasteiger charge is -2.33. The Morgan fingerprint density at radius 3 is 2.39 bits per heavy atom. The van der Waals surface area contributed by atoms with Gasteiger partial charge >= 0.3 is 0 Å². The average Bonchev–Trinajstić information content (AvgIpc) is 2.60. The molecule has 0 bridgehead atoms. The maximum atomic E-state index is 12.7. The molecule has 1 aromatic carbocycles. The molecule has 5 nitrogen and oxygen atoms in total. The van der Waals surface area contributed by atoms with Gasteiger partial charge in [-0.1, -0.05) is 25.2 Å². The Labute approximate surface area is 138 Å². The van der Waals surface area contributed by atoms with Gasteiger partial charge in [0, 0.05) is 11.6 Å². The van der Waals surface area contributed by atoms with E-state index in [1.54, 1.807) is 17.0 Å². The van der Waals surface area contributed by atoms with Crippen LogP contribution in [0.3, 0.4) is 0 Å². The number of nitrogens with zero attached hydrogens (tertiary/aromatic N) is 1. The number of nitrogens with one attached hydrogen (secondary N) is 1. The summed E-state index contributed by atoms with van der Waals surface area (Å²) in [4.78, 5) is 14.6. The van der Waals surface area contributed by atoms with Crippen LogP contribution in [-0.2, 0) is 10.0 Å². The lowest BCUT2D eigenvalue weighted by atomic mass is 9.93. The van der Waals surface area contributed by atoms with Crippen molar-refractivity contribution in [2.24, 2.45) is 0 Å². The van der Waals surface area contributed by atoms with Gasteiger partial charge in [-0.25, -0.2) is 13.1 Å². The van der Waals surface area contributed by atoms with Gasteiger partial charge in [0.2, 0.25) is 10.0 Å². The van der Waals surface area contributed by atoms with Crippen molar-refractivity contribution >= 4 is 15.9 Å². The Morgan fingerprint density at radius 2 is 1.87 bits per heavy atom. The van der Waals surface area contributed by atoms with Crippen molar-refractivity contribution in [1.29, 1.82) is 0 Å². The Kier molecular flexibility index (Phi) is 5.80. The van der Waals surface area contributed by atoms with E-state index in [0.29, 0.717) is 5.56 Å². The van der Waals surface area contributed by atoms with Gasteiger partial charge in [-0.2, -0.15) is 0 Å². The third kappa shape index (κ3) is 4.12. The Bertz CT molecular complexity index is 684. The fraction of sp³-hybridized carbons (Fsp3) is 0.471. The second-order valence-electron chi connectivity index (χ2n) is 5.66. The minimum atomic E-state index is -3.50. The molecular weight excluding hydrogens is 312 g/mol. The average molecular weight is 334 g/mol. The fourth-order valence-electron chi connectivity index (χ4n) is 2.92. The maximum Gasteiger partial charge on any atom is 0.254 e. The lowest BCUT2D eigenvalue weighted by Crippen LogP contribution is -2.41.